The van der Waals surface area contributed by atoms with Gasteiger partial charge in [-0.15, -0.1) is 0 Å². The van der Waals surface area contributed by atoms with Gasteiger partial charge in [0, 0.05) is 12.3 Å². The summed E-state index contributed by atoms with van der Waals surface area (Å²) >= 11 is 0. The lowest BCUT2D eigenvalue weighted by Crippen LogP contribution is -2.00. The van der Waals surface area contributed by atoms with Crippen LogP contribution in [0.1, 0.15) is 1.37 Å². The molecule has 1 rings (SSSR count). The summed E-state index contributed by atoms with van der Waals surface area (Å²) < 4.78 is 6.77. The average molecular weight is 97.1 g/mol. The van der Waals surface area contributed by atoms with Crippen molar-refractivity contribution in [2.45, 2.75) is 0 Å². The van der Waals surface area contributed by atoms with Crippen LogP contribution in [0.25, 0.3) is 0 Å². The molecule has 36 valence electrons. The number of H-pyrrole nitrogens is 1. The number of nitrogens with one attached hydrogen (secondary N) is 1. The highest BCUT2D eigenvalue weighted by Gasteiger charge is 1.70. The lowest BCUT2D eigenvalue weighted by molar-refractivity contribution is 1.12. The quantitative estimate of drug-likeness (QED) is 0.486. The average Bonchev–Trinajstić information content (AvgIpc) is 1.64. The number of hydrogen-bond donors (Lipinski definition) is 1. The van der Waals surface area contributed by atoms with E-state index >= 15 is 0 Å². The minimum absolute atomic E-state index is 0.0995. The van der Waals surface area contributed by atoms with Crippen molar-refractivity contribution in [1.82, 2.24) is 9.97 Å². The minimum atomic E-state index is -0.287. The molecule has 1 aromatic heterocycles. The lowest BCUT2D eigenvalue weighted by atomic mass is 10.7. The van der Waals surface area contributed by atoms with E-state index in [0.717, 1.165) is 0 Å². The van der Waals surface area contributed by atoms with Crippen molar-refractivity contribution in [3.63, 3.8) is 0 Å². The molecule has 0 saturated carbocycles. The van der Waals surface area contributed by atoms with E-state index in [1.165, 1.54) is 12.3 Å². The van der Waals surface area contributed by atoms with Gasteiger partial charge in [0.15, 0.2) is 0 Å². The van der Waals surface area contributed by atoms with Gasteiger partial charge in [0.1, 0.15) is 1.37 Å². The normalized spacial score (nSPS) is 10.6. The van der Waals surface area contributed by atoms with Crippen molar-refractivity contribution in [2.75, 3.05) is 0 Å². The maximum Gasteiger partial charge on any atom is 0.250 e. The predicted octanol–water partition coefficient (Wildman–Crippen LogP) is -0.230. The second-order valence-electron chi connectivity index (χ2n) is 1.05. The molecule has 1 aromatic rings. The molecule has 0 aliphatic heterocycles. The molecular formula is C4H4N2O. The molecule has 1 N–H and O–H groups in total. The standard InChI is InChI=1S/C4H4N2O/c7-4-1-2-5-3-6-4/h1-3H,(H,5,6,7)/i3D. The van der Waals surface area contributed by atoms with Gasteiger partial charge in [-0.2, -0.15) is 0 Å². The molecule has 7 heavy (non-hydrogen) atoms. The number of nitrogens with zero attached hydrogens (tertiary/aromatic N) is 1. The van der Waals surface area contributed by atoms with Gasteiger partial charge in [0.2, 0.25) is 0 Å². The van der Waals surface area contributed by atoms with E-state index in [0.29, 0.717) is 0 Å². The van der Waals surface area contributed by atoms with E-state index < -0.39 is 0 Å². The van der Waals surface area contributed by atoms with Gasteiger partial charge >= 0.3 is 0 Å². The highest BCUT2D eigenvalue weighted by molar-refractivity contribution is 4.76. The number of hydrogen-bond acceptors (Lipinski definition) is 2. The zero-order chi connectivity index (χ0) is 5.98. The first kappa shape index (κ1) is 2.96. The fourth-order valence-electron chi connectivity index (χ4n) is 0.271. The van der Waals surface area contributed by atoms with Crippen LogP contribution in [0.4, 0.5) is 0 Å². The van der Waals surface area contributed by atoms with Gasteiger partial charge in [-0.25, -0.2) is 4.98 Å². The zero-order valence-corrected chi connectivity index (χ0v) is 3.51. The van der Waals surface area contributed by atoms with Crippen molar-refractivity contribution in [3.05, 3.63) is 28.9 Å². The van der Waals surface area contributed by atoms with Gasteiger partial charge in [0.25, 0.3) is 5.56 Å². The molecule has 0 aliphatic carbocycles. The summed E-state index contributed by atoms with van der Waals surface area (Å²) in [7, 11) is 0. The summed E-state index contributed by atoms with van der Waals surface area (Å²) in [6.07, 6.45) is 1.19. The highest BCUT2D eigenvalue weighted by atomic mass is 16.1. The third-order valence-corrected chi connectivity index (χ3v) is 0.544. The van der Waals surface area contributed by atoms with E-state index in [9.17, 15) is 4.79 Å². The Morgan fingerprint density at radius 2 is 2.86 bits per heavy atom. The van der Waals surface area contributed by atoms with Crippen molar-refractivity contribution >= 4 is 0 Å². The van der Waals surface area contributed by atoms with Crippen molar-refractivity contribution < 1.29 is 1.37 Å². The lowest BCUT2D eigenvalue weighted by Gasteiger charge is -1.73. The van der Waals surface area contributed by atoms with E-state index in [1.807, 2.05) is 0 Å². The van der Waals surface area contributed by atoms with Gasteiger partial charge in [-0.3, -0.25) is 4.79 Å². The smallest absolute Gasteiger partial charge is 0.250 e. The molecule has 0 bridgehead atoms. The van der Waals surface area contributed by atoms with E-state index in [4.69, 9.17) is 1.37 Å². The molecule has 0 spiro atoms. The first-order valence-corrected chi connectivity index (χ1v) is 1.81. The second-order valence-corrected chi connectivity index (χ2v) is 1.05. The predicted molar refractivity (Wildman–Crippen MR) is 24.9 cm³/mol. The van der Waals surface area contributed by atoms with Crippen LogP contribution >= 0.6 is 0 Å². The summed E-state index contributed by atoms with van der Waals surface area (Å²) in [5.74, 6) is 0. The number of aromatic nitrogens is 2. The number of aromatic amines is 1. The molecule has 0 aliphatic rings. The van der Waals surface area contributed by atoms with Crippen LogP contribution in [-0.2, 0) is 0 Å². The summed E-state index contributed by atoms with van der Waals surface area (Å²) in [5, 5.41) is 0. The topological polar surface area (TPSA) is 45.8 Å². The van der Waals surface area contributed by atoms with Crippen LogP contribution in [0.5, 0.6) is 0 Å². The molecule has 0 saturated heterocycles. The molecule has 0 fully saturated rings. The minimum Gasteiger partial charge on any atom is -0.313 e. The van der Waals surface area contributed by atoms with E-state index in [1.54, 1.807) is 0 Å². The molecule has 3 heteroatoms. The maximum absolute atomic E-state index is 10.3. The van der Waals surface area contributed by atoms with Gasteiger partial charge in [-0.05, 0) is 0 Å². The van der Waals surface area contributed by atoms with Gasteiger partial charge in [-0.1, -0.05) is 0 Å². The van der Waals surface area contributed by atoms with Crippen molar-refractivity contribution in [3.8, 4) is 0 Å². The molecule has 0 aromatic carbocycles. The first-order valence-electron chi connectivity index (χ1n) is 2.31. The fourth-order valence-corrected chi connectivity index (χ4v) is 0.271. The van der Waals surface area contributed by atoms with Crippen LogP contribution in [0.3, 0.4) is 0 Å². The van der Waals surface area contributed by atoms with Crippen molar-refractivity contribution in [2.24, 2.45) is 0 Å². The molecule has 3 nitrogen and oxygen atoms in total. The van der Waals surface area contributed by atoms with E-state index in [2.05, 4.69) is 9.97 Å². The Kier molecular flexibility index (Phi) is 0.656. The summed E-state index contributed by atoms with van der Waals surface area (Å²) in [6, 6.07) is 1.26. The zero-order valence-electron chi connectivity index (χ0n) is 4.51. The summed E-state index contributed by atoms with van der Waals surface area (Å²) in [5.41, 5.74) is -0.287. The molecule has 0 amide bonds. The summed E-state index contributed by atoms with van der Waals surface area (Å²) in [4.78, 5) is 15.9. The first-order chi connectivity index (χ1) is 3.79. The number of rotatable bonds is 0. The highest BCUT2D eigenvalue weighted by Crippen LogP contribution is 1.57. The Morgan fingerprint density at radius 3 is 3.29 bits per heavy atom. The third kappa shape index (κ3) is 0.855. The Hall–Kier alpha value is -1.12. The Balaban J connectivity index is 3.28. The van der Waals surface area contributed by atoms with Gasteiger partial charge < -0.3 is 4.98 Å². The van der Waals surface area contributed by atoms with Crippen LogP contribution in [0, 0.1) is 0 Å². The second kappa shape index (κ2) is 1.55. The maximum atomic E-state index is 10.3. The van der Waals surface area contributed by atoms with Crippen LogP contribution in [0.2, 0.25) is 0 Å². The van der Waals surface area contributed by atoms with Crippen molar-refractivity contribution in [1.29, 1.82) is 0 Å². The largest absolute Gasteiger partial charge is 0.313 e. The Bertz CT molecular complexity index is 231. The van der Waals surface area contributed by atoms with Gasteiger partial charge in [0.05, 0.1) is 6.30 Å². The summed E-state index contributed by atoms with van der Waals surface area (Å²) in [6.45, 7) is 0. The SMILES string of the molecule is [2H]c1nccc(=O)[nH]1. The fraction of sp³-hybridized carbons (Fsp3) is 0. The Morgan fingerprint density at radius 1 is 2.00 bits per heavy atom. The monoisotopic (exact) mass is 97.0 g/mol. The van der Waals surface area contributed by atoms with Crippen LogP contribution in [-0.4, -0.2) is 9.97 Å². The Labute approximate surface area is 41.4 Å². The third-order valence-electron chi connectivity index (χ3n) is 0.544. The molecule has 0 atom stereocenters. The molecule has 0 unspecified atom stereocenters. The molecule has 0 radical (unpaired) electrons. The molecular weight excluding hydrogens is 92.1 g/mol. The molecule has 1 heterocycles. The van der Waals surface area contributed by atoms with Crippen LogP contribution in [0.15, 0.2) is 23.4 Å². The van der Waals surface area contributed by atoms with E-state index in [-0.39, 0.29) is 11.9 Å². The van der Waals surface area contributed by atoms with Crippen LogP contribution < -0.4 is 5.56 Å².